The van der Waals surface area contributed by atoms with E-state index in [1.165, 1.54) is 24.3 Å². The molecule has 1 rings (SSSR count). The highest BCUT2D eigenvalue weighted by molar-refractivity contribution is 6.27. The first-order valence-electron chi connectivity index (χ1n) is 11.0. The molecule has 0 radical (unpaired) electrons. The van der Waals surface area contributed by atoms with Gasteiger partial charge in [0.15, 0.2) is 23.6 Å². The van der Waals surface area contributed by atoms with Gasteiger partial charge in [-0.15, -0.1) is 0 Å². The Hall–Kier alpha value is -3.54. The predicted octanol–water partition coefficient (Wildman–Crippen LogP) is 3.32. The Bertz CT molecular complexity index is 970. The third-order valence-electron chi connectivity index (χ3n) is 4.76. The molecule has 0 saturated carbocycles. The molecular formula is C25H31NO8. The van der Waals surface area contributed by atoms with Gasteiger partial charge in [0, 0.05) is 18.9 Å². The van der Waals surface area contributed by atoms with Crippen molar-refractivity contribution in [2.75, 3.05) is 13.2 Å². The van der Waals surface area contributed by atoms with Crippen molar-refractivity contribution < 1.29 is 38.2 Å². The lowest BCUT2D eigenvalue weighted by molar-refractivity contribution is -0.169. The molecule has 0 N–H and O–H groups in total. The Labute approximate surface area is 199 Å². The molecule has 9 heteroatoms. The highest BCUT2D eigenvalue weighted by Gasteiger charge is 2.54. The maximum atomic E-state index is 13.7. The van der Waals surface area contributed by atoms with Gasteiger partial charge >= 0.3 is 17.9 Å². The number of hydrogen-bond acceptors (Lipinski definition) is 9. The van der Waals surface area contributed by atoms with Gasteiger partial charge in [-0.05, 0) is 52.7 Å². The molecule has 34 heavy (non-hydrogen) atoms. The highest BCUT2D eigenvalue weighted by atomic mass is 16.6. The molecule has 0 aliphatic rings. The molecule has 0 heterocycles. The zero-order chi connectivity index (χ0) is 25.9. The van der Waals surface area contributed by atoms with E-state index in [0.717, 1.165) is 6.92 Å². The zero-order valence-electron chi connectivity index (χ0n) is 20.3. The van der Waals surface area contributed by atoms with Crippen LogP contribution in [0, 0.1) is 16.7 Å². The van der Waals surface area contributed by atoms with E-state index in [-0.39, 0.29) is 43.4 Å². The first kappa shape index (κ1) is 28.5. The van der Waals surface area contributed by atoms with Crippen molar-refractivity contribution in [1.29, 1.82) is 5.26 Å². The van der Waals surface area contributed by atoms with Crippen LogP contribution in [-0.4, -0.2) is 48.3 Å². The molecule has 0 fully saturated rings. The maximum absolute atomic E-state index is 13.7. The van der Waals surface area contributed by atoms with Crippen LogP contribution in [0.3, 0.4) is 0 Å². The summed E-state index contributed by atoms with van der Waals surface area (Å²) in [6.45, 7) is 6.95. The molecule has 184 valence electrons. The van der Waals surface area contributed by atoms with Gasteiger partial charge in [0.25, 0.3) is 0 Å². The number of ether oxygens (including phenoxy) is 3. The Morgan fingerprint density at radius 2 is 1.71 bits per heavy atom. The molecule has 0 aromatic heterocycles. The second-order valence-corrected chi connectivity index (χ2v) is 8.64. The smallest absolute Gasteiger partial charge is 0.328 e. The van der Waals surface area contributed by atoms with Gasteiger partial charge in [0.05, 0.1) is 18.2 Å². The topological polar surface area (TPSA) is 137 Å². The molecule has 9 nitrogen and oxygen atoms in total. The Morgan fingerprint density at radius 1 is 1.03 bits per heavy atom. The van der Waals surface area contributed by atoms with E-state index in [1.54, 1.807) is 27.7 Å². The van der Waals surface area contributed by atoms with Crippen LogP contribution in [-0.2, 0) is 33.4 Å². The molecule has 1 atom stereocenters. The number of carbonyl (C=O) groups is 5. The minimum Gasteiger partial charge on any atom is -0.466 e. The fourth-order valence-electron chi connectivity index (χ4n) is 3.21. The summed E-state index contributed by atoms with van der Waals surface area (Å²) < 4.78 is 15.2. The van der Waals surface area contributed by atoms with Crippen LogP contribution in [0.1, 0.15) is 76.2 Å². The summed E-state index contributed by atoms with van der Waals surface area (Å²) in [4.78, 5) is 63.5. The Morgan fingerprint density at radius 3 is 2.26 bits per heavy atom. The SMILES string of the molecule is CCOC(=O)CCCCC(C(=O)COC(C)=O)(C(=O)OC(C)(C)C)C(=O)c1cccc(C#N)c1. The van der Waals surface area contributed by atoms with Gasteiger partial charge in [0.2, 0.25) is 0 Å². The lowest BCUT2D eigenvalue weighted by Crippen LogP contribution is -2.51. The predicted molar refractivity (Wildman–Crippen MR) is 121 cm³/mol. The van der Waals surface area contributed by atoms with Crippen LogP contribution in [0.5, 0.6) is 0 Å². The van der Waals surface area contributed by atoms with Crippen molar-refractivity contribution in [3.8, 4) is 6.07 Å². The molecule has 0 amide bonds. The molecule has 0 bridgehead atoms. The summed E-state index contributed by atoms with van der Waals surface area (Å²) in [5.41, 5.74) is -3.22. The minimum absolute atomic E-state index is 0.0357. The molecule has 0 aliphatic heterocycles. The van der Waals surface area contributed by atoms with Crippen molar-refractivity contribution in [2.45, 2.75) is 65.9 Å². The third kappa shape index (κ3) is 8.10. The van der Waals surface area contributed by atoms with Gasteiger partial charge in [-0.2, -0.15) is 5.26 Å². The summed E-state index contributed by atoms with van der Waals surface area (Å²) in [6, 6.07) is 7.52. The average molecular weight is 474 g/mol. The number of rotatable bonds is 12. The van der Waals surface area contributed by atoms with E-state index in [0.29, 0.717) is 0 Å². The number of nitrogens with zero attached hydrogens (tertiary/aromatic N) is 1. The van der Waals surface area contributed by atoms with E-state index in [4.69, 9.17) is 14.2 Å². The fourth-order valence-corrected chi connectivity index (χ4v) is 3.21. The summed E-state index contributed by atoms with van der Waals surface area (Å²) in [7, 11) is 0. The quantitative estimate of drug-likeness (QED) is 0.147. The number of hydrogen-bond donors (Lipinski definition) is 0. The number of esters is 3. The number of carbonyl (C=O) groups excluding carboxylic acids is 5. The number of nitriles is 1. The van der Waals surface area contributed by atoms with Gasteiger partial charge in [-0.1, -0.05) is 18.6 Å². The molecule has 1 aromatic rings. The molecule has 1 unspecified atom stereocenters. The number of ketones is 2. The van der Waals surface area contributed by atoms with Crippen molar-refractivity contribution in [2.24, 2.45) is 5.41 Å². The van der Waals surface area contributed by atoms with E-state index >= 15 is 0 Å². The van der Waals surface area contributed by atoms with Crippen LogP contribution in [0.25, 0.3) is 0 Å². The second kappa shape index (κ2) is 12.6. The monoisotopic (exact) mass is 473 g/mol. The van der Waals surface area contributed by atoms with Gasteiger partial charge in [-0.25, -0.2) is 0 Å². The number of unbranched alkanes of at least 4 members (excludes halogenated alkanes) is 1. The molecule has 1 aromatic carbocycles. The van der Waals surface area contributed by atoms with Crippen LogP contribution in [0.4, 0.5) is 0 Å². The Kier molecular flexibility index (Phi) is 10.6. The zero-order valence-corrected chi connectivity index (χ0v) is 20.3. The second-order valence-electron chi connectivity index (χ2n) is 8.64. The highest BCUT2D eigenvalue weighted by Crippen LogP contribution is 2.35. The largest absolute Gasteiger partial charge is 0.466 e. The number of benzene rings is 1. The van der Waals surface area contributed by atoms with Crippen LogP contribution in [0.2, 0.25) is 0 Å². The van der Waals surface area contributed by atoms with Gasteiger partial charge < -0.3 is 14.2 Å². The summed E-state index contributed by atoms with van der Waals surface area (Å²) in [5.74, 6) is -4.09. The molecule has 0 saturated heterocycles. The van der Waals surface area contributed by atoms with E-state index in [1.807, 2.05) is 6.07 Å². The van der Waals surface area contributed by atoms with Crippen molar-refractivity contribution in [1.82, 2.24) is 0 Å². The summed E-state index contributed by atoms with van der Waals surface area (Å²) in [6.07, 6.45) is 0.134. The maximum Gasteiger partial charge on any atom is 0.328 e. The summed E-state index contributed by atoms with van der Waals surface area (Å²) >= 11 is 0. The third-order valence-corrected chi connectivity index (χ3v) is 4.76. The van der Waals surface area contributed by atoms with E-state index in [2.05, 4.69) is 0 Å². The van der Waals surface area contributed by atoms with Crippen LogP contribution in [0.15, 0.2) is 24.3 Å². The van der Waals surface area contributed by atoms with Crippen LogP contribution >= 0.6 is 0 Å². The minimum atomic E-state index is -2.33. The van der Waals surface area contributed by atoms with Crippen molar-refractivity contribution in [3.63, 3.8) is 0 Å². The van der Waals surface area contributed by atoms with Crippen LogP contribution < -0.4 is 0 Å². The van der Waals surface area contributed by atoms with E-state index < -0.39 is 47.1 Å². The van der Waals surface area contributed by atoms with Crippen molar-refractivity contribution >= 4 is 29.5 Å². The molecular weight excluding hydrogens is 442 g/mol. The Balaban J connectivity index is 3.48. The first-order chi connectivity index (χ1) is 15.9. The van der Waals surface area contributed by atoms with Gasteiger partial charge in [0.1, 0.15) is 5.60 Å². The summed E-state index contributed by atoms with van der Waals surface area (Å²) in [5, 5.41) is 9.21. The number of Topliss-reactive ketones (excluding diaryl/α,β-unsaturated/α-hetero) is 2. The lowest BCUT2D eigenvalue weighted by Gasteiger charge is -2.32. The fraction of sp³-hybridized carbons (Fsp3) is 0.520. The lowest BCUT2D eigenvalue weighted by atomic mass is 9.72. The molecule has 0 spiro atoms. The first-order valence-corrected chi connectivity index (χ1v) is 11.0. The van der Waals surface area contributed by atoms with Crippen molar-refractivity contribution in [3.05, 3.63) is 35.4 Å². The normalized spacial score (nSPS) is 12.6. The van der Waals surface area contributed by atoms with E-state index in [9.17, 15) is 29.2 Å². The molecule has 0 aliphatic carbocycles. The van der Waals surface area contributed by atoms with Gasteiger partial charge in [-0.3, -0.25) is 24.0 Å². The standard InChI is InChI=1S/C25H31NO8/c1-6-32-21(29)12-7-8-13-25(20(28)16-33-17(2)27,23(31)34-24(3,4)5)22(30)19-11-9-10-18(14-19)15-26/h9-11,14H,6-8,12-13,16H2,1-5H3. The average Bonchev–Trinajstić information content (AvgIpc) is 2.76.